The molecule has 8 heteroatoms. The minimum Gasteiger partial charge on any atom is -0.484 e. The lowest BCUT2D eigenvalue weighted by Crippen LogP contribution is -2.32. The molecule has 8 nitrogen and oxygen atoms in total. The molecule has 0 aliphatic heterocycles. The molecule has 0 spiro atoms. The van der Waals surface area contributed by atoms with Gasteiger partial charge < -0.3 is 15.0 Å². The molecule has 1 amide bonds. The van der Waals surface area contributed by atoms with Gasteiger partial charge in [-0.3, -0.25) is 9.59 Å². The van der Waals surface area contributed by atoms with Gasteiger partial charge >= 0.3 is 5.69 Å². The van der Waals surface area contributed by atoms with Crippen LogP contribution in [-0.2, 0) is 4.79 Å². The highest BCUT2D eigenvalue weighted by molar-refractivity contribution is 5.91. The lowest BCUT2D eigenvalue weighted by atomic mass is 10.2. The molecule has 0 unspecified atom stereocenters. The number of aromatic amines is 1. The number of hydrogen-bond acceptors (Lipinski definition) is 5. The monoisotopic (exact) mass is 428 g/mol. The Morgan fingerprint density at radius 1 is 1.03 bits per heavy atom. The predicted molar refractivity (Wildman–Crippen MR) is 124 cm³/mol. The highest BCUT2D eigenvalue weighted by Gasteiger charge is 2.06. The first kappa shape index (κ1) is 20.8. The Bertz CT molecular complexity index is 1400. The third-order valence-corrected chi connectivity index (χ3v) is 4.69. The summed E-state index contributed by atoms with van der Waals surface area (Å²) in [4.78, 5) is 39.3. The van der Waals surface area contributed by atoms with Gasteiger partial charge in [0.25, 0.3) is 11.5 Å². The quantitative estimate of drug-likeness (QED) is 0.461. The third-order valence-electron chi connectivity index (χ3n) is 4.69. The van der Waals surface area contributed by atoms with Gasteiger partial charge in [0.1, 0.15) is 5.75 Å². The lowest BCUT2D eigenvalue weighted by Gasteiger charge is -2.08. The molecule has 0 bridgehead atoms. The van der Waals surface area contributed by atoms with Crippen LogP contribution in [0.25, 0.3) is 10.9 Å². The van der Waals surface area contributed by atoms with E-state index < -0.39 is 11.2 Å². The van der Waals surface area contributed by atoms with Crippen molar-refractivity contribution in [2.24, 2.45) is 5.10 Å². The van der Waals surface area contributed by atoms with Gasteiger partial charge in [0.2, 0.25) is 0 Å². The molecule has 1 aromatic heterocycles. The average molecular weight is 428 g/mol. The second kappa shape index (κ2) is 9.13. The van der Waals surface area contributed by atoms with Gasteiger partial charge in [0.05, 0.1) is 17.1 Å². The van der Waals surface area contributed by atoms with E-state index >= 15 is 0 Å². The number of aromatic nitrogens is 2. The fourth-order valence-corrected chi connectivity index (χ4v) is 3.02. The summed E-state index contributed by atoms with van der Waals surface area (Å²) in [7, 11) is 0. The number of carbonyl (C=O) groups excluding carboxylic acids is 1. The summed E-state index contributed by atoms with van der Waals surface area (Å²) in [6.45, 7) is 1.84. The number of nitrogens with one attached hydrogen (secondary N) is 2. The van der Waals surface area contributed by atoms with E-state index in [2.05, 4.69) is 15.4 Å². The molecular formula is C24H20N4O4. The second-order valence-electron chi connectivity index (χ2n) is 7.11. The molecule has 0 fully saturated rings. The van der Waals surface area contributed by atoms with Crippen LogP contribution in [0.1, 0.15) is 11.1 Å². The Hall–Kier alpha value is -4.46. The van der Waals surface area contributed by atoms with Crippen LogP contribution in [0.15, 0.2) is 87.5 Å². The highest BCUT2D eigenvalue weighted by Crippen LogP contribution is 2.12. The summed E-state index contributed by atoms with van der Waals surface area (Å²) >= 11 is 0. The first-order valence-electron chi connectivity index (χ1n) is 9.87. The summed E-state index contributed by atoms with van der Waals surface area (Å²) in [5.41, 5.74) is 1.81. The molecule has 0 saturated heterocycles. The second-order valence-corrected chi connectivity index (χ2v) is 7.11. The van der Waals surface area contributed by atoms with Crippen molar-refractivity contribution < 1.29 is 9.53 Å². The number of hydrogen-bond donors (Lipinski definition) is 2. The van der Waals surface area contributed by atoms with Crippen molar-refractivity contribution in [3.8, 4) is 5.75 Å². The van der Waals surface area contributed by atoms with Gasteiger partial charge in [-0.1, -0.05) is 29.8 Å². The van der Waals surface area contributed by atoms with Gasteiger partial charge in [0.15, 0.2) is 6.61 Å². The summed E-state index contributed by atoms with van der Waals surface area (Å²) in [5.74, 6) is 0.233. The minimum absolute atomic E-state index is 0.136. The van der Waals surface area contributed by atoms with Crippen LogP contribution >= 0.6 is 0 Å². The van der Waals surface area contributed by atoms with Crippen LogP contribution < -0.4 is 21.3 Å². The van der Waals surface area contributed by atoms with E-state index in [0.717, 1.165) is 10.2 Å². The normalized spacial score (nSPS) is 11.0. The summed E-state index contributed by atoms with van der Waals surface area (Å²) in [6, 6.07) is 21.0. The van der Waals surface area contributed by atoms with Crippen molar-refractivity contribution in [1.29, 1.82) is 0 Å². The number of nitrogens with zero attached hydrogens (tertiary/aromatic N) is 2. The molecule has 3 aromatic carbocycles. The van der Waals surface area contributed by atoms with Crippen molar-refractivity contribution in [3.05, 3.63) is 105 Å². The number of anilines is 1. The van der Waals surface area contributed by atoms with Crippen molar-refractivity contribution in [2.45, 2.75) is 6.92 Å². The maximum absolute atomic E-state index is 12.5. The van der Waals surface area contributed by atoms with Crippen LogP contribution in [0.5, 0.6) is 5.75 Å². The number of aryl methyl sites for hydroxylation is 1. The average Bonchev–Trinajstić information content (AvgIpc) is 2.80. The Kier molecular flexibility index (Phi) is 5.94. The Morgan fingerprint density at radius 3 is 2.50 bits per heavy atom. The van der Waals surface area contributed by atoms with Crippen molar-refractivity contribution in [3.63, 3.8) is 0 Å². The molecule has 0 saturated carbocycles. The smallest absolute Gasteiger partial charge is 0.349 e. The van der Waals surface area contributed by atoms with Crippen LogP contribution in [0.2, 0.25) is 0 Å². The standard InChI is InChI=1S/C24H20N4O4/c1-16-6-10-18(11-7-16)26-22(29)15-32-19-12-8-17(9-13-19)14-25-28-23(30)20-4-2-3-5-21(20)27-24(28)31/h2-14H,15H2,1H3,(H,26,29)(H,27,31). The van der Waals surface area contributed by atoms with Crippen LogP contribution in [0, 0.1) is 6.92 Å². The number of H-pyrrole nitrogens is 1. The number of rotatable bonds is 6. The largest absolute Gasteiger partial charge is 0.484 e. The first-order chi connectivity index (χ1) is 15.5. The predicted octanol–water partition coefficient (Wildman–Crippen LogP) is 2.90. The molecule has 2 N–H and O–H groups in total. The Labute approximate surface area is 182 Å². The third kappa shape index (κ3) is 4.81. The summed E-state index contributed by atoms with van der Waals surface area (Å²) in [5, 5.41) is 7.15. The van der Waals surface area contributed by atoms with E-state index in [9.17, 15) is 14.4 Å². The molecule has 0 aliphatic carbocycles. The number of carbonyl (C=O) groups is 1. The SMILES string of the molecule is Cc1ccc(NC(=O)COc2ccc(C=Nn3c(=O)[nH]c4ccccc4c3=O)cc2)cc1. The molecule has 0 radical (unpaired) electrons. The zero-order valence-electron chi connectivity index (χ0n) is 17.2. The molecule has 1 heterocycles. The number of fused-ring (bicyclic) bond motifs is 1. The first-order valence-corrected chi connectivity index (χ1v) is 9.87. The number of amides is 1. The number of benzene rings is 3. The van der Waals surface area contributed by atoms with Crippen LogP contribution in [0.4, 0.5) is 5.69 Å². The minimum atomic E-state index is -0.621. The van der Waals surface area contributed by atoms with E-state index in [4.69, 9.17) is 4.74 Å². The fourth-order valence-electron chi connectivity index (χ4n) is 3.02. The Morgan fingerprint density at radius 2 is 1.75 bits per heavy atom. The molecule has 32 heavy (non-hydrogen) atoms. The van der Waals surface area contributed by atoms with Crippen molar-refractivity contribution >= 4 is 28.7 Å². The molecular weight excluding hydrogens is 408 g/mol. The van der Waals surface area contributed by atoms with Crippen molar-refractivity contribution in [1.82, 2.24) is 9.66 Å². The molecule has 4 rings (SSSR count). The summed E-state index contributed by atoms with van der Waals surface area (Å²) < 4.78 is 6.28. The van der Waals surface area contributed by atoms with Gasteiger partial charge in [-0.25, -0.2) is 4.79 Å². The van der Waals surface area contributed by atoms with E-state index in [1.807, 2.05) is 31.2 Å². The zero-order chi connectivity index (χ0) is 22.5. The highest BCUT2D eigenvalue weighted by atomic mass is 16.5. The Balaban J connectivity index is 1.40. The van der Waals surface area contributed by atoms with Gasteiger partial charge in [0, 0.05) is 5.69 Å². The maximum Gasteiger partial charge on any atom is 0.349 e. The van der Waals surface area contributed by atoms with E-state index in [-0.39, 0.29) is 12.5 Å². The lowest BCUT2D eigenvalue weighted by molar-refractivity contribution is -0.118. The van der Waals surface area contributed by atoms with E-state index in [0.29, 0.717) is 27.9 Å². The van der Waals surface area contributed by atoms with Crippen LogP contribution in [-0.4, -0.2) is 28.4 Å². The van der Waals surface area contributed by atoms with E-state index in [1.165, 1.54) is 6.21 Å². The van der Waals surface area contributed by atoms with Crippen LogP contribution in [0.3, 0.4) is 0 Å². The van der Waals surface area contributed by atoms with Crippen molar-refractivity contribution in [2.75, 3.05) is 11.9 Å². The fraction of sp³-hybridized carbons (Fsp3) is 0.0833. The van der Waals surface area contributed by atoms with E-state index in [1.54, 1.807) is 48.5 Å². The van der Waals surface area contributed by atoms with Gasteiger partial charge in [-0.05, 0) is 61.0 Å². The topological polar surface area (TPSA) is 106 Å². The number of para-hydroxylation sites is 1. The van der Waals surface area contributed by atoms with Gasteiger partial charge in [-0.2, -0.15) is 5.10 Å². The molecule has 0 atom stereocenters. The summed E-state index contributed by atoms with van der Waals surface area (Å²) in [6.07, 6.45) is 1.40. The number of ether oxygens (including phenoxy) is 1. The molecule has 4 aromatic rings. The zero-order valence-corrected chi connectivity index (χ0v) is 17.2. The molecule has 160 valence electrons. The molecule has 0 aliphatic rings. The van der Waals surface area contributed by atoms with Gasteiger partial charge in [-0.15, -0.1) is 4.68 Å². The maximum atomic E-state index is 12.5.